The lowest BCUT2D eigenvalue weighted by Gasteiger charge is -2.10. The van der Waals surface area contributed by atoms with Crippen LogP contribution in [0.15, 0.2) is 21.6 Å². The SMILES string of the molecule is Cc1noc(NS(=O)(=O)c2c(N)cc(Cl)cc2Cl)c1C. The highest BCUT2D eigenvalue weighted by atomic mass is 35.5. The molecule has 108 valence electrons. The van der Waals surface area contributed by atoms with Crippen molar-refractivity contribution in [1.29, 1.82) is 0 Å². The van der Waals surface area contributed by atoms with Crippen molar-refractivity contribution in [3.8, 4) is 0 Å². The highest BCUT2D eigenvalue weighted by Gasteiger charge is 2.24. The van der Waals surface area contributed by atoms with Gasteiger partial charge >= 0.3 is 0 Å². The molecular formula is C11H11Cl2N3O3S. The van der Waals surface area contributed by atoms with Gasteiger partial charge in [0, 0.05) is 10.6 Å². The van der Waals surface area contributed by atoms with Gasteiger partial charge in [-0.3, -0.25) is 0 Å². The Morgan fingerprint density at radius 3 is 2.45 bits per heavy atom. The Labute approximate surface area is 125 Å². The van der Waals surface area contributed by atoms with Crippen molar-refractivity contribution in [2.45, 2.75) is 18.7 Å². The summed E-state index contributed by atoms with van der Waals surface area (Å²) in [5, 5.41) is 3.84. The average Bonchev–Trinajstić information content (AvgIpc) is 2.58. The second-order valence-corrected chi connectivity index (χ2v) is 6.60. The fourth-order valence-electron chi connectivity index (χ4n) is 1.55. The molecule has 20 heavy (non-hydrogen) atoms. The number of nitrogens with two attached hydrogens (primary N) is 1. The topological polar surface area (TPSA) is 98.2 Å². The molecule has 0 atom stereocenters. The maximum absolute atomic E-state index is 12.3. The van der Waals surface area contributed by atoms with Crippen molar-refractivity contribution in [2.24, 2.45) is 0 Å². The molecule has 0 spiro atoms. The van der Waals surface area contributed by atoms with Crippen molar-refractivity contribution in [2.75, 3.05) is 10.5 Å². The third kappa shape index (κ3) is 2.70. The number of aromatic nitrogens is 1. The molecule has 6 nitrogen and oxygen atoms in total. The van der Waals surface area contributed by atoms with Gasteiger partial charge in [0.15, 0.2) is 0 Å². The summed E-state index contributed by atoms with van der Waals surface area (Å²) in [6.45, 7) is 3.37. The van der Waals surface area contributed by atoms with Gasteiger partial charge in [-0.2, -0.15) is 0 Å². The molecule has 0 radical (unpaired) electrons. The molecule has 0 aliphatic heterocycles. The van der Waals surface area contributed by atoms with E-state index < -0.39 is 10.0 Å². The zero-order valence-electron chi connectivity index (χ0n) is 10.6. The molecule has 1 aromatic carbocycles. The number of rotatable bonds is 3. The Balaban J connectivity index is 2.49. The lowest BCUT2D eigenvalue weighted by Crippen LogP contribution is -2.15. The third-order valence-corrected chi connectivity index (χ3v) is 4.77. The minimum absolute atomic E-state index is 0.0212. The van der Waals surface area contributed by atoms with E-state index in [9.17, 15) is 8.42 Å². The highest BCUT2D eigenvalue weighted by molar-refractivity contribution is 7.93. The van der Waals surface area contributed by atoms with Crippen molar-refractivity contribution in [3.63, 3.8) is 0 Å². The van der Waals surface area contributed by atoms with E-state index in [-0.39, 0.29) is 26.5 Å². The molecule has 3 N–H and O–H groups in total. The molecular weight excluding hydrogens is 325 g/mol. The molecule has 2 aromatic rings. The quantitative estimate of drug-likeness (QED) is 0.840. The Kier molecular flexibility index (Phi) is 3.86. The van der Waals surface area contributed by atoms with E-state index in [1.165, 1.54) is 12.1 Å². The van der Waals surface area contributed by atoms with Crippen LogP contribution in [-0.2, 0) is 10.0 Å². The van der Waals surface area contributed by atoms with Gasteiger partial charge in [0.1, 0.15) is 4.90 Å². The van der Waals surface area contributed by atoms with Crippen LogP contribution in [0.5, 0.6) is 0 Å². The van der Waals surface area contributed by atoms with E-state index in [2.05, 4.69) is 9.88 Å². The van der Waals surface area contributed by atoms with E-state index in [4.69, 9.17) is 33.5 Å². The summed E-state index contributed by atoms with van der Waals surface area (Å²) in [7, 11) is -4.00. The number of hydrogen-bond acceptors (Lipinski definition) is 5. The van der Waals surface area contributed by atoms with Crippen LogP contribution in [0.4, 0.5) is 11.6 Å². The van der Waals surface area contributed by atoms with Gasteiger partial charge < -0.3 is 10.3 Å². The lowest BCUT2D eigenvalue weighted by atomic mass is 10.3. The summed E-state index contributed by atoms with van der Waals surface area (Å²) < 4.78 is 31.8. The molecule has 0 amide bonds. The monoisotopic (exact) mass is 335 g/mol. The van der Waals surface area contributed by atoms with Crippen LogP contribution in [0.1, 0.15) is 11.3 Å². The van der Waals surface area contributed by atoms with E-state index in [0.717, 1.165) is 0 Å². The smallest absolute Gasteiger partial charge is 0.267 e. The Morgan fingerprint density at radius 1 is 1.30 bits per heavy atom. The van der Waals surface area contributed by atoms with E-state index in [1.54, 1.807) is 13.8 Å². The van der Waals surface area contributed by atoms with E-state index in [0.29, 0.717) is 11.3 Å². The van der Waals surface area contributed by atoms with Crippen molar-refractivity contribution >= 4 is 44.8 Å². The standard InChI is InChI=1S/C11H11Cl2N3O3S/c1-5-6(2)15-19-11(5)16-20(17,18)10-8(13)3-7(12)4-9(10)14/h3-4,16H,14H2,1-2H3. The van der Waals surface area contributed by atoms with Gasteiger partial charge in [0.2, 0.25) is 5.88 Å². The first-order valence-corrected chi connectivity index (χ1v) is 7.66. The van der Waals surface area contributed by atoms with Crippen LogP contribution in [0.25, 0.3) is 0 Å². The molecule has 0 bridgehead atoms. The van der Waals surface area contributed by atoms with Crippen LogP contribution in [-0.4, -0.2) is 13.6 Å². The summed E-state index contributed by atoms with van der Waals surface area (Å²) in [6.07, 6.45) is 0. The maximum Gasteiger partial charge on any atom is 0.267 e. The predicted octanol–water partition coefficient (Wildman–Crippen LogP) is 2.98. The van der Waals surface area contributed by atoms with Crippen molar-refractivity contribution in [1.82, 2.24) is 5.16 Å². The molecule has 1 heterocycles. The molecule has 0 saturated heterocycles. The molecule has 9 heteroatoms. The summed E-state index contributed by atoms with van der Waals surface area (Å²) in [5.74, 6) is 0.0212. The number of anilines is 2. The second kappa shape index (κ2) is 5.16. The number of nitrogen functional groups attached to an aromatic ring is 1. The number of benzene rings is 1. The number of nitrogens with one attached hydrogen (secondary N) is 1. The lowest BCUT2D eigenvalue weighted by molar-refractivity contribution is 0.430. The Morgan fingerprint density at radius 2 is 1.95 bits per heavy atom. The van der Waals surface area contributed by atoms with Crippen LogP contribution < -0.4 is 10.5 Å². The minimum atomic E-state index is -4.00. The van der Waals surface area contributed by atoms with Crippen LogP contribution >= 0.6 is 23.2 Å². The zero-order valence-corrected chi connectivity index (χ0v) is 12.9. The highest BCUT2D eigenvalue weighted by Crippen LogP contribution is 2.33. The molecule has 2 rings (SSSR count). The largest absolute Gasteiger partial charge is 0.398 e. The molecule has 0 saturated carbocycles. The first kappa shape index (κ1) is 15.0. The minimum Gasteiger partial charge on any atom is -0.398 e. The fraction of sp³-hybridized carbons (Fsp3) is 0.182. The normalized spacial score (nSPS) is 11.6. The summed E-state index contributed by atoms with van der Waals surface area (Å²) in [6, 6.07) is 2.60. The number of aryl methyl sites for hydroxylation is 1. The second-order valence-electron chi connectivity index (χ2n) is 4.13. The van der Waals surface area contributed by atoms with Crippen LogP contribution in [0.3, 0.4) is 0 Å². The molecule has 0 aliphatic rings. The van der Waals surface area contributed by atoms with Gasteiger partial charge in [0.05, 0.1) is 16.4 Å². The van der Waals surface area contributed by atoms with E-state index in [1.807, 2.05) is 0 Å². The van der Waals surface area contributed by atoms with Gasteiger partial charge in [-0.25, -0.2) is 13.1 Å². The average molecular weight is 336 g/mol. The summed E-state index contributed by atoms with van der Waals surface area (Å²) >= 11 is 11.7. The Bertz CT molecular complexity index is 748. The van der Waals surface area contributed by atoms with E-state index >= 15 is 0 Å². The zero-order chi connectivity index (χ0) is 15.1. The number of sulfonamides is 1. The molecule has 0 unspecified atom stereocenters. The van der Waals surface area contributed by atoms with Crippen LogP contribution in [0, 0.1) is 13.8 Å². The van der Waals surface area contributed by atoms with Gasteiger partial charge in [-0.1, -0.05) is 28.4 Å². The molecule has 0 fully saturated rings. The van der Waals surface area contributed by atoms with Gasteiger partial charge in [-0.15, -0.1) is 0 Å². The van der Waals surface area contributed by atoms with Crippen molar-refractivity contribution in [3.05, 3.63) is 33.4 Å². The van der Waals surface area contributed by atoms with Crippen molar-refractivity contribution < 1.29 is 12.9 Å². The number of halogens is 2. The summed E-state index contributed by atoms with van der Waals surface area (Å²) in [5.41, 5.74) is 6.78. The number of hydrogen-bond donors (Lipinski definition) is 2. The maximum atomic E-state index is 12.3. The first-order chi connectivity index (χ1) is 9.22. The number of nitrogens with zero attached hydrogens (tertiary/aromatic N) is 1. The first-order valence-electron chi connectivity index (χ1n) is 5.42. The van der Waals surface area contributed by atoms with Gasteiger partial charge in [0.25, 0.3) is 10.0 Å². The fourth-order valence-corrected chi connectivity index (χ4v) is 3.58. The van der Waals surface area contributed by atoms with Gasteiger partial charge in [-0.05, 0) is 26.0 Å². The Hall–Kier alpha value is -1.44. The molecule has 1 aromatic heterocycles. The summed E-state index contributed by atoms with van der Waals surface area (Å²) in [4.78, 5) is -0.253. The van der Waals surface area contributed by atoms with Crippen LogP contribution in [0.2, 0.25) is 10.0 Å². The molecule has 0 aliphatic carbocycles. The predicted molar refractivity (Wildman–Crippen MR) is 77.7 cm³/mol. The third-order valence-electron chi connectivity index (χ3n) is 2.69.